The van der Waals surface area contributed by atoms with Crippen molar-refractivity contribution < 1.29 is 14.6 Å². The zero-order chi connectivity index (χ0) is 21.5. The highest BCUT2D eigenvalue weighted by atomic mass is 16.5. The Morgan fingerprint density at radius 3 is 2.45 bits per heavy atom. The fourth-order valence-corrected chi connectivity index (χ4v) is 3.77. The van der Waals surface area contributed by atoms with Crippen LogP contribution in [0.5, 0.6) is 5.88 Å². The molecule has 1 N–H and O–H groups in total. The van der Waals surface area contributed by atoms with Crippen LogP contribution >= 0.6 is 0 Å². The highest BCUT2D eigenvalue weighted by Crippen LogP contribution is 2.31. The molecule has 6 nitrogen and oxygen atoms in total. The fourth-order valence-electron chi connectivity index (χ4n) is 3.77. The Kier molecular flexibility index (Phi) is 7.12. The minimum Gasteiger partial charge on any atom is -0.478 e. The third-order valence-electron chi connectivity index (χ3n) is 5.51. The van der Waals surface area contributed by atoms with E-state index in [1.54, 1.807) is 0 Å². The minimum atomic E-state index is 0.235. The van der Waals surface area contributed by atoms with Crippen molar-refractivity contribution in [3.05, 3.63) is 55.0 Å². The molecule has 0 bridgehead atoms. The highest BCUT2D eigenvalue weighted by Gasteiger charge is 2.09. The van der Waals surface area contributed by atoms with E-state index in [4.69, 9.17) is 14.6 Å². The molecule has 3 heterocycles. The first kappa shape index (κ1) is 21.3. The molecule has 0 radical (unpaired) electrons. The van der Waals surface area contributed by atoms with E-state index >= 15 is 0 Å². The number of aliphatic hydroxyl groups is 1. The molecule has 0 atom stereocenters. The van der Waals surface area contributed by atoms with Crippen molar-refractivity contribution in [1.82, 2.24) is 14.5 Å². The van der Waals surface area contributed by atoms with Crippen LogP contribution < -0.4 is 4.74 Å². The summed E-state index contributed by atoms with van der Waals surface area (Å²) in [5, 5.41) is 11.1. The zero-order valence-electron chi connectivity index (χ0n) is 18.0. The van der Waals surface area contributed by atoms with E-state index in [1.807, 2.05) is 30.7 Å². The first-order chi connectivity index (χ1) is 15.3. The van der Waals surface area contributed by atoms with Gasteiger partial charge >= 0.3 is 0 Å². The van der Waals surface area contributed by atoms with Crippen molar-refractivity contribution in [2.75, 3.05) is 26.4 Å². The highest BCUT2D eigenvalue weighted by molar-refractivity contribution is 6.08. The Balaban J connectivity index is 1.32. The quantitative estimate of drug-likeness (QED) is 0.356. The van der Waals surface area contributed by atoms with Gasteiger partial charge in [-0.3, -0.25) is 4.98 Å². The van der Waals surface area contributed by atoms with Gasteiger partial charge in [0.05, 0.1) is 12.1 Å². The van der Waals surface area contributed by atoms with Crippen LogP contribution in [0, 0.1) is 0 Å². The molecule has 3 aromatic heterocycles. The van der Waals surface area contributed by atoms with Crippen LogP contribution in [0.25, 0.3) is 32.9 Å². The van der Waals surface area contributed by atoms with Crippen molar-refractivity contribution in [1.29, 1.82) is 0 Å². The lowest BCUT2D eigenvalue weighted by Crippen LogP contribution is -2.03. The number of hydrogen-bond donors (Lipinski definition) is 1. The van der Waals surface area contributed by atoms with Crippen molar-refractivity contribution in [3.63, 3.8) is 0 Å². The van der Waals surface area contributed by atoms with Gasteiger partial charge in [0.1, 0.15) is 0 Å². The van der Waals surface area contributed by atoms with Gasteiger partial charge in [-0.25, -0.2) is 4.98 Å². The maximum absolute atomic E-state index is 8.73. The van der Waals surface area contributed by atoms with E-state index in [0.29, 0.717) is 19.1 Å². The lowest BCUT2D eigenvalue weighted by atomic mass is 10.1. The van der Waals surface area contributed by atoms with Crippen LogP contribution in [0.4, 0.5) is 0 Å². The van der Waals surface area contributed by atoms with Crippen molar-refractivity contribution in [2.45, 2.75) is 25.7 Å². The van der Waals surface area contributed by atoms with Crippen LogP contribution in [0.2, 0.25) is 0 Å². The third-order valence-corrected chi connectivity index (χ3v) is 5.51. The summed E-state index contributed by atoms with van der Waals surface area (Å²) in [6.07, 6.45) is 9.22. The average molecular weight is 420 g/mol. The number of unbranched alkanes of at least 4 members (excludes halogenated alkanes) is 2. The summed E-state index contributed by atoms with van der Waals surface area (Å²) in [4.78, 5) is 8.74. The largest absolute Gasteiger partial charge is 0.478 e. The molecule has 6 heteroatoms. The molecule has 0 fully saturated rings. The molecule has 0 spiro atoms. The van der Waals surface area contributed by atoms with Gasteiger partial charge in [-0.05, 0) is 49.4 Å². The predicted octanol–water partition coefficient (Wildman–Crippen LogP) is 4.74. The molecular weight excluding hydrogens is 390 g/mol. The standard InChI is InChI=1S/C25H29N3O3/c1-28-23-10-11-26-18-22(23)21-8-6-19(16-24(21)28)20-7-9-25(27-17-20)31-15-5-4-14-30-13-3-2-12-29/h6-11,16-18,29H,2-5,12-15H2,1H3. The second kappa shape index (κ2) is 10.4. The zero-order valence-corrected chi connectivity index (χ0v) is 18.0. The van der Waals surface area contributed by atoms with E-state index in [2.05, 4.69) is 45.8 Å². The van der Waals surface area contributed by atoms with Crippen LogP contribution in [0.3, 0.4) is 0 Å². The number of benzene rings is 1. The summed E-state index contributed by atoms with van der Waals surface area (Å²) in [7, 11) is 2.09. The van der Waals surface area contributed by atoms with Crippen LogP contribution in [-0.4, -0.2) is 46.1 Å². The van der Waals surface area contributed by atoms with Crippen molar-refractivity contribution >= 4 is 21.8 Å². The third kappa shape index (κ3) is 5.03. The molecule has 162 valence electrons. The second-order valence-corrected chi connectivity index (χ2v) is 7.67. The van der Waals surface area contributed by atoms with Gasteiger partial charge in [-0.1, -0.05) is 12.1 Å². The number of fused-ring (bicyclic) bond motifs is 3. The number of aryl methyl sites for hydroxylation is 1. The van der Waals surface area contributed by atoms with E-state index in [0.717, 1.165) is 43.4 Å². The normalized spacial score (nSPS) is 11.4. The summed E-state index contributed by atoms with van der Waals surface area (Å²) in [5.41, 5.74) is 4.55. The van der Waals surface area contributed by atoms with Gasteiger partial charge in [0, 0.05) is 73.4 Å². The summed E-state index contributed by atoms with van der Waals surface area (Å²) >= 11 is 0. The molecule has 4 rings (SSSR count). The molecule has 0 aliphatic rings. The van der Waals surface area contributed by atoms with E-state index in [9.17, 15) is 0 Å². The molecular formula is C25H29N3O3. The molecule has 0 amide bonds. The van der Waals surface area contributed by atoms with Crippen molar-refractivity contribution in [2.24, 2.45) is 7.05 Å². The van der Waals surface area contributed by atoms with E-state index in [-0.39, 0.29) is 6.61 Å². The topological polar surface area (TPSA) is 69.4 Å². The summed E-state index contributed by atoms with van der Waals surface area (Å²) in [5.74, 6) is 0.643. The number of hydrogen-bond acceptors (Lipinski definition) is 5. The maximum atomic E-state index is 8.73. The van der Waals surface area contributed by atoms with Gasteiger partial charge < -0.3 is 19.1 Å². The molecule has 1 aromatic carbocycles. The monoisotopic (exact) mass is 419 g/mol. The molecule has 0 aliphatic heterocycles. The average Bonchev–Trinajstić information content (AvgIpc) is 3.10. The number of aromatic nitrogens is 3. The second-order valence-electron chi connectivity index (χ2n) is 7.67. The van der Waals surface area contributed by atoms with Gasteiger partial charge in [0.15, 0.2) is 0 Å². The maximum Gasteiger partial charge on any atom is 0.213 e. The minimum absolute atomic E-state index is 0.235. The number of ether oxygens (including phenoxy) is 2. The number of rotatable bonds is 11. The smallest absolute Gasteiger partial charge is 0.213 e. The summed E-state index contributed by atoms with van der Waals surface area (Å²) < 4.78 is 13.5. The van der Waals surface area contributed by atoms with Crippen LogP contribution in [0.15, 0.2) is 55.0 Å². The fraction of sp³-hybridized carbons (Fsp3) is 0.360. The predicted molar refractivity (Wildman–Crippen MR) is 123 cm³/mol. The van der Waals surface area contributed by atoms with Crippen LogP contribution in [-0.2, 0) is 11.8 Å². The lowest BCUT2D eigenvalue weighted by molar-refractivity contribution is 0.118. The molecule has 0 saturated heterocycles. The molecule has 0 saturated carbocycles. The Morgan fingerprint density at radius 2 is 1.65 bits per heavy atom. The molecule has 0 unspecified atom stereocenters. The summed E-state index contributed by atoms with van der Waals surface area (Å²) in [6, 6.07) is 12.5. The van der Waals surface area contributed by atoms with Crippen molar-refractivity contribution in [3.8, 4) is 17.0 Å². The van der Waals surface area contributed by atoms with Crippen LogP contribution in [0.1, 0.15) is 25.7 Å². The van der Waals surface area contributed by atoms with Gasteiger partial charge in [-0.15, -0.1) is 0 Å². The molecule has 0 aliphatic carbocycles. The Morgan fingerprint density at radius 1 is 0.839 bits per heavy atom. The first-order valence-corrected chi connectivity index (χ1v) is 10.9. The van der Waals surface area contributed by atoms with Gasteiger partial charge in [-0.2, -0.15) is 0 Å². The SMILES string of the molecule is Cn1c2ccncc2c2ccc(-c3ccc(OCCCCOCCCCO)nc3)cc21. The number of pyridine rings is 2. The van der Waals surface area contributed by atoms with E-state index in [1.165, 1.54) is 21.8 Å². The lowest BCUT2D eigenvalue weighted by Gasteiger charge is -2.07. The summed E-state index contributed by atoms with van der Waals surface area (Å²) in [6.45, 7) is 2.31. The van der Waals surface area contributed by atoms with E-state index < -0.39 is 0 Å². The Bertz CT molecular complexity index is 1120. The molecule has 4 aromatic rings. The van der Waals surface area contributed by atoms with Gasteiger partial charge in [0.2, 0.25) is 5.88 Å². The van der Waals surface area contributed by atoms with Gasteiger partial charge in [0.25, 0.3) is 0 Å². The first-order valence-electron chi connectivity index (χ1n) is 10.9. The Hall–Kier alpha value is -2.96. The Labute approximate surface area is 182 Å². The number of aliphatic hydroxyl groups excluding tert-OH is 1. The molecule has 31 heavy (non-hydrogen) atoms. The number of nitrogens with zero attached hydrogens (tertiary/aromatic N) is 3.